The lowest BCUT2D eigenvalue weighted by Crippen LogP contribution is -2.26. The first-order valence-corrected chi connectivity index (χ1v) is 6.68. The lowest BCUT2D eigenvalue weighted by molar-refractivity contribution is -0.126. The Balaban J connectivity index is 2.09. The number of hydrogen-bond donors (Lipinski definition) is 1. The van der Waals surface area contributed by atoms with E-state index >= 15 is 0 Å². The van der Waals surface area contributed by atoms with Gasteiger partial charge in [0.05, 0.1) is 12.7 Å². The zero-order chi connectivity index (χ0) is 13.0. The van der Waals surface area contributed by atoms with Gasteiger partial charge in [-0.1, -0.05) is 31.2 Å². The first-order chi connectivity index (χ1) is 8.76. The summed E-state index contributed by atoms with van der Waals surface area (Å²) >= 11 is 0. The molecule has 2 rings (SSSR count). The summed E-state index contributed by atoms with van der Waals surface area (Å²) in [5, 5.41) is 0. The predicted octanol–water partition coefficient (Wildman–Crippen LogP) is 2.24. The normalized spacial score (nSPS) is 20.2. The summed E-state index contributed by atoms with van der Waals surface area (Å²) in [7, 11) is 0. The van der Waals surface area contributed by atoms with Gasteiger partial charge in [0.15, 0.2) is 0 Å². The van der Waals surface area contributed by atoms with Crippen molar-refractivity contribution >= 4 is 5.78 Å². The second kappa shape index (κ2) is 6.12. The number of rotatable bonds is 5. The molecule has 0 aromatic heterocycles. The van der Waals surface area contributed by atoms with E-state index in [1.54, 1.807) is 0 Å². The topological polar surface area (TPSA) is 52.3 Å². The molecular weight excluding hydrogens is 226 g/mol. The average molecular weight is 247 g/mol. The zero-order valence-corrected chi connectivity index (χ0v) is 10.9. The molecule has 0 spiro atoms. The number of ketones is 1. The summed E-state index contributed by atoms with van der Waals surface area (Å²) in [6.07, 6.45) is 2.12. The molecule has 1 heterocycles. The van der Waals surface area contributed by atoms with Crippen molar-refractivity contribution < 1.29 is 9.53 Å². The van der Waals surface area contributed by atoms with Crippen molar-refractivity contribution in [3.8, 4) is 0 Å². The monoisotopic (exact) mass is 247 g/mol. The summed E-state index contributed by atoms with van der Waals surface area (Å²) in [6.45, 7) is 3.14. The van der Waals surface area contributed by atoms with Crippen molar-refractivity contribution in [2.24, 2.45) is 11.7 Å². The van der Waals surface area contributed by atoms with Crippen LogP contribution in [0.2, 0.25) is 0 Å². The summed E-state index contributed by atoms with van der Waals surface area (Å²) < 4.78 is 5.75. The average Bonchev–Trinajstić information content (AvgIpc) is 2.40. The lowest BCUT2D eigenvalue weighted by Gasteiger charge is -2.26. The van der Waals surface area contributed by atoms with Crippen molar-refractivity contribution in [3.63, 3.8) is 0 Å². The van der Waals surface area contributed by atoms with Crippen molar-refractivity contribution in [1.82, 2.24) is 0 Å². The van der Waals surface area contributed by atoms with Gasteiger partial charge in [0, 0.05) is 18.9 Å². The maximum absolute atomic E-state index is 12.1. The van der Waals surface area contributed by atoms with Crippen LogP contribution in [0.1, 0.15) is 37.0 Å². The molecule has 1 aliphatic heterocycles. The molecule has 98 valence electrons. The molecule has 3 heteroatoms. The molecule has 3 nitrogen and oxygen atoms in total. The van der Waals surface area contributed by atoms with Crippen LogP contribution in [0, 0.1) is 5.92 Å². The second-order valence-electron chi connectivity index (χ2n) is 4.82. The highest BCUT2D eigenvalue weighted by atomic mass is 16.5. The summed E-state index contributed by atoms with van der Waals surface area (Å²) in [4.78, 5) is 12.1. The minimum Gasteiger partial charge on any atom is -0.373 e. The highest BCUT2D eigenvalue weighted by molar-refractivity contribution is 5.81. The van der Waals surface area contributed by atoms with Crippen molar-refractivity contribution in [3.05, 3.63) is 35.4 Å². The Bertz CT molecular complexity index is 413. The largest absolute Gasteiger partial charge is 0.373 e. The number of hydrogen-bond acceptors (Lipinski definition) is 3. The molecule has 2 atom stereocenters. The van der Waals surface area contributed by atoms with Crippen molar-refractivity contribution in [1.29, 1.82) is 0 Å². The number of carbonyl (C=O) groups is 1. The van der Waals surface area contributed by atoms with Crippen LogP contribution in [-0.2, 0) is 16.0 Å². The van der Waals surface area contributed by atoms with Gasteiger partial charge in [-0.3, -0.25) is 4.79 Å². The van der Waals surface area contributed by atoms with E-state index in [0.29, 0.717) is 19.6 Å². The Morgan fingerprint density at radius 1 is 1.50 bits per heavy atom. The Labute approximate surface area is 108 Å². The molecule has 1 aliphatic rings. The van der Waals surface area contributed by atoms with Gasteiger partial charge in [0.1, 0.15) is 5.78 Å². The molecule has 0 saturated heterocycles. The summed E-state index contributed by atoms with van der Waals surface area (Å²) in [5.41, 5.74) is 8.10. The minimum atomic E-state index is -0.0805. The van der Waals surface area contributed by atoms with Gasteiger partial charge in [-0.25, -0.2) is 0 Å². The third kappa shape index (κ3) is 2.79. The van der Waals surface area contributed by atoms with Gasteiger partial charge in [0.25, 0.3) is 0 Å². The third-order valence-corrected chi connectivity index (χ3v) is 3.71. The van der Waals surface area contributed by atoms with E-state index in [1.807, 2.05) is 19.1 Å². The van der Waals surface area contributed by atoms with E-state index in [0.717, 1.165) is 12.8 Å². The molecule has 2 N–H and O–H groups in total. The Morgan fingerprint density at radius 3 is 3.00 bits per heavy atom. The number of nitrogens with two attached hydrogens (primary N) is 1. The first kappa shape index (κ1) is 13.2. The van der Waals surface area contributed by atoms with E-state index in [2.05, 4.69) is 12.1 Å². The molecule has 0 aliphatic carbocycles. The lowest BCUT2D eigenvalue weighted by atomic mass is 9.90. The van der Waals surface area contributed by atoms with Crippen molar-refractivity contribution in [2.75, 3.05) is 13.2 Å². The molecule has 1 aromatic rings. The summed E-state index contributed by atoms with van der Waals surface area (Å²) in [6, 6.07) is 8.23. The van der Waals surface area contributed by atoms with Gasteiger partial charge >= 0.3 is 0 Å². The molecule has 0 amide bonds. The van der Waals surface area contributed by atoms with Gasteiger partial charge in [0.2, 0.25) is 0 Å². The maximum atomic E-state index is 12.1. The number of ether oxygens (including phenoxy) is 1. The van der Waals surface area contributed by atoms with E-state index in [4.69, 9.17) is 10.5 Å². The summed E-state index contributed by atoms with van der Waals surface area (Å²) in [5.74, 6) is 0.199. The number of carbonyl (C=O) groups excluding carboxylic acids is 1. The molecule has 2 unspecified atom stereocenters. The third-order valence-electron chi connectivity index (χ3n) is 3.71. The van der Waals surface area contributed by atoms with Gasteiger partial charge in [-0.05, 0) is 24.0 Å². The highest BCUT2D eigenvalue weighted by Crippen LogP contribution is 2.30. The maximum Gasteiger partial charge on any atom is 0.140 e. The molecule has 0 saturated carbocycles. The predicted molar refractivity (Wildman–Crippen MR) is 71.3 cm³/mol. The van der Waals surface area contributed by atoms with Crippen LogP contribution >= 0.6 is 0 Å². The van der Waals surface area contributed by atoms with Crippen LogP contribution in [0.5, 0.6) is 0 Å². The molecule has 0 fully saturated rings. The van der Waals surface area contributed by atoms with E-state index < -0.39 is 0 Å². The van der Waals surface area contributed by atoms with Gasteiger partial charge in [-0.2, -0.15) is 0 Å². The fraction of sp³-hybridized carbons (Fsp3) is 0.533. The molecular formula is C15H21NO2. The van der Waals surface area contributed by atoms with Crippen LogP contribution in [0.25, 0.3) is 0 Å². The zero-order valence-electron chi connectivity index (χ0n) is 10.9. The minimum absolute atomic E-state index is 0.0253. The quantitative estimate of drug-likeness (QED) is 0.868. The van der Waals surface area contributed by atoms with Crippen LogP contribution in [0.3, 0.4) is 0 Å². The second-order valence-corrected chi connectivity index (χ2v) is 4.82. The van der Waals surface area contributed by atoms with Crippen molar-refractivity contribution in [2.45, 2.75) is 32.3 Å². The van der Waals surface area contributed by atoms with Crippen LogP contribution in [0.15, 0.2) is 24.3 Å². The Hall–Kier alpha value is -1.19. The fourth-order valence-electron chi connectivity index (χ4n) is 2.52. The Morgan fingerprint density at radius 2 is 2.28 bits per heavy atom. The van der Waals surface area contributed by atoms with Crippen LogP contribution in [-0.4, -0.2) is 18.9 Å². The van der Waals surface area contributed by atoms with E-state index in [1.165, 1.54) is 11.1 Å². The first-order valence-electron chi connectivity index (χ1n) is 6.68. The van der Waals surface area contributed by atoms with E-state index in [9.17, 15) is 4.79 Å². The van der Waals surface area contributed by atoms with Gasteiger partial charge in [-0.15, -0.1) is 0 Å². The standard InChI is InChI=1S/C15H21NO2/c1-2-11(10-16)14(17)9-15-13-6-4-3-5-12(13)7-8-18-15/h3-6,11,15H,2,7-10,16H2,1H3. The number of benzene rings is 1. The van der Waals surface area contributed by atoms with Gasteiger partial charge < -0.3 is 10.5 Å². The number of Topliss-reactive ketones (excluding diaryl/α,β-unsaturated/α-hetero) is 1. The molecule has 0 bridgehead atoms. The smallest absolute Gasteiger partial charge is 0.140 e. The van der Waals surface area contributed by atoms with E-state index in [-0.39, 0.29) is 17.8 Å². The molecule has 0 radical (unpaired) electrons. The van der Waals surface area contributed by atoms with Crippen LogP contribution in [0.4, 0.5) is 0 Å². The molecule has 1 aromatic carbocycles. The molecule has 18 heavy (non-hydrogen) atoms. The Kier molecular flexibility index (Phi) is 4.50. The SMILES string of the molecule is CCC(CN)C(=O)CC1OCCc2ccccc21. The van der Waals surface area contributed by atoms with Crippen LogP contribution < -0.4 is 5.73 Å². The highest BCUT2D eigenvalue weighted by Gasteiger charge is 2.25. The fourth-order valence-corrected chi connectivity index (χ4v) is 2.52. The number of fused-ring (bicyclic) bond motifs is 1.